The fourth-order valence-corrected chi connectivity index (χ4v) is 2.35. The molecule has 0 radical (unpaired) electrons. The smallest absolute Gasteiger partial charge is 0.259 e. The summed E-state index contributed by atoms with van der Waals surface area (Å²) in [5.41, 5.74) is 3.19. The van der Waals surface area contributed by atoms with Crippen molar-refractivity contribution in [2.45, 2.75) is 0 Å². The summed E-state index contributed by atoms with van der Waals surface area (Å²) in [6.45, 7) is 0. The van der Waals surface area contributed by atoms with Crippen molar-refractivity contribution in [3.05, 3.63) is 59.9 Å². The predicted molar refractivity (Wildman–Crippen MR) is 85.6 cm³/mol. The van der Waals surface area contributed by atoms with Crippen LogP contribution in [-0.4, -0.2) is 25.3 Å². The Kier molecular flexibility index (Phi) is 3.36. The molecular formula is C16H10ClN5O. The van der Waals surface area contributed by atoms with E-state index in [9.17, 15) is 0 Å². The number of aromatic amines is 1. The van der Waals surface area contributed by atoms with Crippen molar-refractivity contribution in [2.75, 3.05) is 0 Å². The van der Waals surface area contributed by atoms with Crippen molar-refractivity contribution in [3.63, 3.8) is 0 Å². The number of benzene rings is 1. The van der Waals surface area contributed by atoms with Gasteiger partial charge in [-0.2, -0.15) is 10.1 Å². The van der Waals surface area contributed by atoms with Gasteiger partial charge in [-0.3, -0.25) is 10.1 Å². The maximum Gasteiger partial charge on any atom is 0.259 e. The van der Waals surface area contributed by atoms with Gasteiger partial charge in [-0.15, -0.1) is 0 Å². The van der Waals surface area contributed by atoms with E-state index in [1.165, 1.54) is 0 Å². The minimum atomic E-state index is 0.406. The van der Waals surface area contributed by atoms with E-state index in [0.717, 1.165) is 22.5 Å². The van der Waals surface area contributed by atoms with Crippen LogP contribution in [-0.2, 0) is 0 Å². The number of aromatic nitrogens is 5. The molecule has 0 saturated heterocycles. The van der Waals surface area contributed by atoms with Crippen LogP contribution in [0.15, 0.2) is 59.4 Å². The van der Waals surface area contributed by atoms with Crippen molar-refractivity contribution in [3.8, 4) is 34.2 Å². The molecule has 0 amide bonds. The fraction of sp³-hybridized carbons (Fsp3) is 0. The number of H-pyrrole nitrogens is 1. The van der Waals surface area contributed by atoms with E-state index >= 15 is 0 Å². The first-order chi connectivity index (χ1) is 11.3. The van der Waals surface area contributed by atoms with Crippen LogP contribution in [0, 0.1) is 0 Å². The minimum Gasteiger partial charge on any atom is -0.334 e. The Balaban J connectivity index is 1.64. The van der Waals surface area contributed by atoms with Crippen LogP contribution in [0.2, 0.25) is 5.02 Å². The molecule has 0 aliphatic heterocycles. The lowest BCUT2D eigenvalue weighted by Gasteiger charge is -1.97. The zero-order valence-electron chi connectivity index (χ0n) is 11.8. The van der Waals surface area contributed by atoms with Gasteiger partial charge in [0.2, 0.25) is 5.82 Å². The second kappa shape index (κ2) is 5.66. The van der Waals surface area contributed by atoms with Crippen LogP contribution in [0.1, 0.15) is 0 Å². The van der Waals surface area contributed by atoms with Gasteiger partial charge < -0.3 is 4.52 Å². The fourth-order valence-electron chi connectivity index (χ4n) is 2.16. The first-order valence-electron chi connectivity index (χ1n) is 6.85. The van der Waals surface area contributed by atoms with Gasteiger partial charge in [0.1, 0.15) is 0 Å². The van der Waals surface area contributed by atoms with Gasteiger partial charge in [0.25, 0.3) is 5.89 Å². The first kappa shape index (κ1) is 13.7. The second-order valence-electron chi connectivity index (χ2n) is 4.84. The number of halogens is 1. The van der Waals surface area contributed by atoms with Crippen molar-refractivity contribution >= 4 is 11.6 Å². The summed E-state index contributed by atoms with van der Waals surface area (Å²) in [5.74, 6) is 0.892. The highest BCUT2D eigenvalue weighted by Gasteiger charge is 2.11. The highest BCUT2D eigenvalue weighted by Crippen LogP contribution is 2.24. The Morgan fingerprint density at radius 2 is 2.00 bits per heavy atom. The summed E-state index contributed by atoms with van der Waals surface area (Å²) >= 11 is 5.98. The topological polar surface area (TPSA) is 80.5 Å². The molecule has 0 bridgehead atoms. The summed E-state index contributed by atoms with van der Waals surface area (Å²) in [6, 6.07) is 12.9. The summed E-state index contributed by atoms with van der Waals surface area (Å²) in [6.07, 6.45) is 3.37. The molecular weight excluding hydrogens is 314 g/mol. The monoisotopic (exact) mass is 323 g/mol. The van der Waals surface area contributed by atoms with E-state index in [1.807, 2.05) is 30.3 Å². The summed E-state index contributed by atoms with van der Waals surface area (Å²) in [5, 5.41) is 11.4. The van der Waals surface area contributed by atoms with Gasteiger partial charge in [0.15, 0.2) is 0 Å². The molecule has 3 aromatic heterocycles. The molecule has 1 aromatic carbocycles. The van der Waals surface area contributed by atoms with Gasteiger partial charge in [0.05, 0.1) is 17.0 Å². The largest absolute Gasteiger partial charge is 0.334 e. The minimum absolute atomic E-state index is 0.406. The lowest BCUT2D eigenvalue weighted by Crippen LogP contribution is -1.86. The van der Waals surface area contributed by atoms with E-state index in [0.29, 0.717) is 16.7 Å². The molecule has 0 aliphatic rings. The molecule has 23 heavy (non-hydrogen) atoms. The van der Waals surface area contributed by atoms with Crippen LogP contribution in [0.4, 0.5) is 0 Å². The van der Waals surface area contributed by atoms with Crippen LogP contribution >= 0.6 is 11.6 Å². The zero-order chi connectivity index (χ0) is 15.6. The molecule has 4 aromatic rings. The van der Waals surface area contributed by atoms with Gasteiger partial charge in [-0.05, 0) is 30.3 Å². The number of pyridine rings is 1. The van der Waals surface area contributed by atoms with Crippen molar-refractivity contribution < 1.29 is 4.52 Å². The third kappa shape index (κ3) is 2.72. The second-order valence-corrected chi connectivity index (χ2v) is 5.27. The summed E-state index contributed by atoms with van der Waals surface area (Å²) in [4.78, 5) is 8.76. The maximum absolute atomic E-state index is 5.98. The molecule has 1 N–H and O–H groups in total. The third-order valence-electron chi connectivity index (χ3n) is 3.30. The summed E-state index contributed by atoms with van der Waals surface area (Å²) in [7, 11) is 0. The number of nitrogens with one attached hydrogen (secondary N) is 1. The van der Waals surface area contributed by atoms with E-state index < -0.39 is 0 Å². The van der Waals surface area contributed by atoms with Gasteiger partial charge in [-0.1, -0.05) is 28.9 Å². The lowest BCUT2D eigenvalue weighted by molar-refractivity contribution is 0.432. The zero-order valence-corrected chi connectivity index (χ0v) is 12.5. The molecule has 3 heterocycles. The normalized spacial score (nSPS) is 10.8. The number of nitrogens with zero attached hydrogens (tertiary/aromatic N) is 4. The van der Waals surface area contributed by atoms with E-state index in [-0.39, 0.29) is 0 Å². The molecule has 0 spiro atoms. The molecule has 0 aliphatic carbocycles. The molecule has 0 saturated carbocycles. The summed E-state index contributed by atoms with van der Waals surface area (Å²) < 4.78 is 5.31. The van der Waals surface area contributed by atoms with Crippen molar-refractivity contribution in [2.24, 2.45) is 0 Å². The maximum atomic E-state index is 5.98. The van der Waals surface area contributed by atoms with Crippen LogP contribution in [0.5, 0.6) is 0 Å². The van der Waals surface area contributed by atoms with E-state index in [1.54, 1.807) is 24.5 Å². The van der Waals surface area contributed by atoms with Gasteiger partial charge in [-0.25, -0.2) is 0 Å². The average molecular weight is 324 g/mol. The molecule has 6 nitrogen and oxygen atoms in total. The molecule has 0 unspecified atom stereocenters. The number of hydrogen-bond donors (Lipinski definition) is 1. The highest BCUT2D eigenvalue weighted by atomic mass is 35.5. The van der Waals surface area contributed by atoms with Crippen LogP contribution in [0.25, 0.3) is 34.2 Å². The van der Waals surface area contributed by atoms with Gasteiger partial charge in [0, 0.05) is 23.0 Å². The standard InChI is InChI=1S/C16H10ClN5O/c17-12-3-1-2-10(8-12)15-20-16(23-22-15)11-4-5-13(18-9-11)14-6-7-19-21-14/h1-9H,(H,19,21). The number of rotatable bonds is 3. The molecule has 0 fully saturated rings. The Morgan fingerprint density at radius 3 is 2.74 bits per heavy atom. The SMILES string of the molecule is Clc1cccc(-c2noc(-c3ccc(-c4ccn[nH]4)nc3)n2)c1. The average Bonchev–Trinajstić information content (AvgIpc) is 3.27. The lowest BCUT2D eigenvalue weighted by atomic mass is 10.2. The molecule has 4 rings (SSSR count). The Morgan fingerprint density at radius 1 is 1.04 bits per heavy atom. The molecule has 0 atom stereocenters. The highest BCUT2D eigenvalue weighted by molar-refractivity contribution is 6.30. The molecule has 7 heteroatoms. The van der Waals surface area contributed by atoms with Crippen LogP contribution in [0.3, 0.4) is 0 Å². The Labute approximate surface area is 136 Å². The Hall–Kier alpha value is -2.99. The van der Waals surface area contributed by atoms with E-state index in [4.69, 9.17) is 16.1 Å². The quantitative estimate of drug-likeness (QED) is 0.619. The Bertz CT molecular complexity index is 931. The predicted octanol–water partition coefficient (Wildman–Crippen LogP) is 3.84. The number of hydrogen-bond acceptors (Lipinski definition) is 5. The van der Waals surface area contributed by atoms with Crippen molar-refractivity contribution in [1.29, 1.82) is 0 Å². The first-order valence-corrected chi connectivity index (χ1v) is 7.23. The van der Waals surface area contributed by atoms with E-state index in [2.05, 4.69) is 25.3 Å². The van der Waals surface area contributed by atoms with Crippen molar-refractivity contribution in [1.82, 2.24) is 25.3 Å². The third-order valence-corrected chi connectivity index (χ3v) is 3.53. The van der Waals surface area contributed by atoms with Crippen LogP contribution < -0.4 is 0 Å². The van der Waals surface area contributed by atoms with Gasteiger partial charge >= 0.3 is 0 Å². The molecule has 112 valence electrons.